The van der Waals surface area contributed by atoms with Crippen molar-refractivity contribution in [2.75, 3.05) is 12.8 Å². The molecule has 1 aromatic heterocycles. The summed E-state index contributed by atoms with van der Waals surface area (Å²) in [5.74, 6) is 0.647. The molecular formula is C28H37N3O. The van der Waals surface area contributed by atoms with Gasteiger partial charge in [-0.05, 0) is 37.0 Å². The molecule has 2 aromatic carbocycles. The van der Waals surface area contributed by atoms with Crippen molar-refractivity contribution in [3.63, 3.8) is 0 Å². The summed E-state index contributed by atoms with van der Waals surface area (Å²) < 4.78 is 7.41. The van der Waals surface area contributed by atoms with Crippen molar-refractivity contribution in [1.82, 2.24) is 9.55 Å². The third kappa shape index (κ3) is 7.24. The fraction of sp³-hybridized carbons (Fsp3) is 0.321. The molecule has 4 heteroatoms. The number of nitrogens with two attached hydrogens (primary N) is 1. The van der Waals surface area contributed by atoms with Crippen molar-refractivity contribution in [2.45, 2.75) is 52.7 Å². The fourth-order valence-electron chi connectivity index (χ4n) is 3.51. The second-order valence-corrected chi connectivity index (χ2v) is 7.47. The zero-order valence-electron chi connectivity index (χ0n) is 20.0. The van der Waals surface area contributed by atoms with Crippen molar-refractivity contribution in [3.05, 3.63) is 107 Å². The van der Waals surface area contributed by atoms with Crippen LogP contribution >= 0.6 is 0 Å². The molecule has 2 atom stereocenters. The van der Waals surface area contributed by atoms with Crippen molar-refractivity contribution in [2.24, 2.45) is 0 Å². The van der Waals surface area contributed by atoms with Crippen LogP contribution in [0, 0.1) is 0 Å². The summed E-state index contributed by atoms with van der Waals surface area (Å²) in [6.07, 6.45) is 9.38. The van der Waals surface area contributed by atoms with Crippen molar-refractivity contribution < 1.29 is 4.74 Å². The number of methoxy groups -OCH3 is 1. The van der Waals surface area contributed by atoms with Crippen molar-refractivity contribution in [3.8, 4) is 0 Å². The number of ether oxygens (including phenoxy) is 1. The maximum Gasteiger partial charge on any atom is 0.200 e. The van der Waals surface area contributed by atoms with E-state index in [4.69, 9.17) is 15.5 Å². The highest BCUT2D eigenvalue weighted by atomic mass is 16.5. The van der Waals surface area contributed by atoms with Gasteiger partial charge < -0.3 is 15.0 Å². The first kappa shape index (κ1) is 25.2. The standard InChI is InChI=1S/C26H31N3O.C2H6/c1-4-23(16-15-20(2)30-3)24(17-21-11-7-5-8-12-21)25-19-29(26(27)28-25)18-22-13-9-6-10-14-22;1-2/h4-16,19-20,24H,17-18H2,1-3H3,(H2,27,28);1-2H3/b16-15-,23-4+;. The number of hydrogen-bond donors (Lipinski definition) is 1. The van der Waals surface area contributed by atoms with Crippen LogP contribution in [0.4, 0.5) is 5.95 Å². The molecule has 4 nitrogen and oxygen atoms in total. The van der Waals surface area contributed by atoms with Gasteiger partial charge in [-0.1, -0.05) is 92.7 Å². The average Bonchev–Trinajstić information content (AvgIpc) is 3.20. The summed E-state index contributed by atoms with van der Waals surface area (Å²) >= 11 is 0. The summed E-state index contributed by atoms with van der Waals surface area (Å²) in [7, 11) is 1.72. The lowest BCUT2D eigenvalue weighted by molar-refractivity contribution is 0.156. The minimum atomic E-state index is 0.0537. The average molecular weight is 432 g/mol. The van der Waals surface area contributed by atoms with Gasteiger partial charge in [0.05, 0.1) is 18.3 Å². The Hall–Kier alpha value is -3.11. The van der Waals surface area contributed by atoms with Gasteiger partial charge in [-0.25, -0.2) is 4.98 Å². The summed E-state index contributed by atoms with van der Waals surface area (Å²) in [6.45, 7) is 8.81. The number of nitrogens with zero attached hydrogens (tertiary/aromatic N) is 2. The van der Waals surface area contributed by atoms with Crippen molar-refractivity contribution in [1.29, 1.82) is 0 Å². The molecule has 2 N–H and O–H groups in total. The van der Waals surface area contributed by atoms with Gasteiger partial charge in [0, 0.05) is 19.2 Å². The highest BCUT2D eigenvalue weighted by Gasteiger charge is 2.20. The van der Waals surface area contributed by atoms with E-state index in [9.17, 15) is 0 Å². The topological polar surface area (TPSA) is 53.1 Å². The molecule has 0 saturated carbocycles. The van der Waals surface area contributed by atoms with Crippen LogP contribution < -0.4 is 5.73 Å². The third-order valence-corrected chi connectivity index (χ3v) is 5.33. The van der Waals surface area contributed by atoms with E-state index in [0.29, 0.717) is 12.5 Å². The molecular weight excluding hydrogens is 394 g/mol. The molecule has 3 rings (SSSR count). The van der Waals surface area contributed by atoms with Crippen LogP contribution in [0.1, 0.15) is 50.4 Å². The molecule has 0 aliphatic rings. The first-order valence-corrected chi connectivity index (χ1v) is 11.4. The second-order valence-electron chi connectivity index (χ2n) is 7.47. The van der Waals surface area contributed by atoms with Gasteiger partial charge >= 0.3 is 0 Å². The Balaban J connectivity index is 0.00000176. The summed E-state index contributed by atoms with van der Waals surface area (Å²) in [5.41, 5.74) is 11.0. The highest BCUT2D eigenvalue weighted by molar-refractivity contribution is 5.37. The number of allylic oxidation sites excluding steroid dienone is 3. The molecule has 170 valence electrons. The summed E-state index contributed by atoms with van der Waals surface area (Å²) in [6, 6.07) is 20.8. The van der Waals surface area contributed by atoms with Crippen LogP contribution in [-0.2, 0) is 17.7 Å². The maximum atomic E-state index is 6.30. The Morgan fingerprint density at radius 3 is 2.19 bits per heavy atom. The van der Waals surface area contributed by atoms with E-state index in [-0.39, 0.29) is 12.0 Å². The number of imidazole rings is 1. The number of rotatable bonds is 9. The van der Waals surface area contributed by atoms with Gasteiger partial charge in [-0.2, -0.15) is 0 Å². The second kappa shape index (κ2) is 13.3. The zero-order valence-corrected chi connectivity index (χ0v) is 20.0. The quantitative estimate of drug-likeness (QED) is 0.399. The van der Waals surface area contributed by atoms with Gasteiger partial charge in [-0.3, -0.25) is 0 Å². The van der Waals surface area contributed by atoms with Gasteiger partial charge in [0.25, 0.3) is 0 Å². The first-order valence-electron chi connectivity index (χ1n) is 11.4. The minimum absolute atomic E-state index is 0.0537. The lowest BCUT2D eigenvalue weighted by Gasteiger charge is -2.17. The van der Waals surface area contributed by atoms with Crippen LogP contribution in [0.25, 0.3) is 0 Å². The molecule has 0 saturated heterocycles. The van der Waals surface area contributed by atoms with Gasteiger partial charge in [0.1, 0.15) is 0 Å². The largest absolute Gasteiger partial charge is 0.378 e. The molecule has 1 heterocycles. The predicted octanol–water partition coefficient (Wildman–Crippen LogP) is 6.40. The SMILES string of the molecule is C/C=C(\C=C/C(C)OC)C(Cc1ccccc1)c1cn(Cc2ccccc2)c(N)n1.CC. The minimum Gasteiger partial charge on any atom is -0.378 e. The third-order valence-electron chi connectivity index (χ3n) is 5.33. The molecule has 0 amide bonds. The van der Waals surface area contributed by atoms with E-state index in [1.54, 1.807) is 7.11 Å². The monoisotopic (exact) mass is 431 g/mol. The Morgan fingerprint density at radius 2 is 1.62 bits per heavy atom. The van der Waals surface area contributed by atoms with Crippen molar-refractivity contribution >= 4 is 5.95 Å². The van der Waals surface area contributed by atoms with Crippen LogP contribution in [0.5, 0.6) is 0 Å². The molecule has 0 bridgehead atoms. The van der Waals surface area contributed by atoms with Crippen LogP contribution in [0.15, 0.2) is 90.7 Å². The summed E-state index contributed by atoms with van der Waals surface area (Å²) in [4.78, 5) is 4.75. The number of anilines is 1. The van der Waals surface area contributed by atoms with Crippen LogP contribution in [0.3, 0.4) is 0 Å². The summed E-state index contributed by atoms with van der Waals surface area (Å²) in [5, 5.41) is 0. The normalized spacial score (nSPS) is 13.5. The van der Waals surface area contributed by atoms with Gasteiger partial charge in [0.2, 0.25) is 5.95 Å². The Labute approximate surface area is 193 Å². The molecule has 0 radical (unpaired) electrons. The molecule has 0 spiro atoms. The molecule has 0 aliphatic carbocycles. The highest BCUT2D eigenvalue weighted by Crippen LogP contribution is 2.30. The smallest absolute Gasteiger partial charge is 0.200 e. The predicted molar refractivity (Wildman–Crippen MR) is 136 cm³/mol. The fourth-order valence-corrected chi connectivity index (χ4v) is 3.51. The number of nitrogen functional groups attached to an aromatic ring is 1. The van der Waals surface area contributed by atoms with Crippen LogP contribution in [-0.4, -0.2) is 22.8 Å². The van der Waals surface area contributed by atoms with E-state index in [1.165, 1.54) is 16.7 Å². The van der Waals surface area contributed by atoms with Gasteiger partial charge in [-0.15, -0.1) is 0 Å². The Kier molecular flexibility index (Phi) is 10.5. The Bertz CT molecular complexity index is 974. The maximum absolute atomic E-state index is 6.30. The molecule has 3 aromatic rings. The van der Waals surface area contributed by atoms with E-state index in [1.807, 2.05) is 49.6 Å². The lowest BCUT2D eigenvalue weighted by atomic mass is 9.88. The Morgan fingerprint density at radius 1 is 1.03 bits per heavy atom. The van der Waals surface area contributed by atoms with E-state index in [2.05, 4.69) is 67.7 Å². The van der Waals surface area contributed by atoms with E-state index >= 15 is 0 Å². The number of aromatic nitrogens is 2. The number of hydrogen-bond acceptors (Lipinski definition) is 3. The van der Waals surface area contributed by atoms with E-state index in [0.717, 1.165) is 12.1 Å². The molecule has 2 unspecified atom stereocenters. The van der Waals surface area contributed by atoms with Gasteiger partial charge in [0.15, 0.2) is 0 Å². The lowest BCUT2D eigenvalue weighted by Crippen LogP contribution is -2.07. The number of benzene rings is 2. The van der Waals surface area contributed by atoms with E-state index < -0.39 is 0 Å². The molecule has 0 aliphatic heterocycles. The first-order chi connectivity index (χ1) is 15.6. The molecule has 32 heavy (non-hydrogen) atoms. The zero-order chi connectivity index (χ0) is 23.3. The van der Waals surface area contributed by atoms with Crippen LogP contribution in [0.2, 0.25) is 0 Å². The molecule has 0 fully saturated rings.